The average Bonchev–Trinajstić information content (AvgIpc) is 2.66. The number of carbonyl (C=O) groups is 4. The van der Waals surface area contributed by atoms with Gasteiger partial charge >= 0.3 is 0 Å². The molecule has 0 saturated carbocycles. The van der Waals surface area contributed by atoms with Crippen LogP contribution >= 0.6 is 0 Å². The number of hydrogen-bond acceptors (Lipinski definition) is 4. The summed E-state index contributed by atoms with van der Waals surface area (Å²) in [5.74, 6) is -1.95. The van der Waals surface area contributed by atoms with Crippen molar-refractivity contribution in [2.45, 2.75) is 26.7 Å². The number of benzene rings is 3. The lowest BCUT2D eigenvalue weighted by molar-refractivity contribution is 0.0853. The maximum atomic E-state index is 13.3. The molecule has 0 amide bonds. The van der Waals surface area contributed by atoms with Crippen LogP contribution in [0.4, 0.5) is 0 Å². The third-order valence-corrected chi connectivity index (χ3v) is 5.39. The summed E-state index contributed by atoms with van der Waals surface area (Å²) in [7, 11) is 0. The Bertz CT molecular complexity index is 1130. The van der Waals surface area contributed by atoms with Gasteiger partial charge in [-0.2, -0.15) is 0 Å². The van der Waals surface area contributed by atoms with Crippen molar-refractivity contribution in [1.82, 2.24) is 0 Å². The van der Waals surface area contributed by atoms with Gasteiger partial charge in [0.15, 0.2) is 23.1 Å². The van der Waals surface area contributed by atoms with Crippen molar-refractivity contribution in [2.24, 2.45) is 0 Å². The summed E-state index contributed by atoms with van der Waals surface area (Å²) in [5, 5.41) is 0.817. The Labute approximate surface area is 162 Å². The van der Waals surface area contributed by atoms with Crippen molar-refractivity contribution in [3.8, 4) is 0 Å². The molecular formula is C24H18O4. The largest absolute Gasteiger partial charge is 0.294 e. The van der Waals surface area contributed by atoms with E-state index in [1.54, 1.807) is 36.4 Å². The van der Waals surface area contributed by atoms with Crippen molar-refractivity contribution >= 4 is 33.9 Å². The normalized spacial score (nSPS) is 13.8. The molecule has 138 valence electrons. The first kappa shape index (κ1) is 18.0. The molecule has 1 aliphatic rings. The van der Waals surface area contributed by atoms with E-state index < -0.39 is 5.92 Å². The van der Waals surface area contributed by atoms with Gasteiger partial charge in [0, 0.05) is 33.0 Å². The summed E-state index contributed by atoms with van der Waals surface area (Å²) in [6, 6.07) is 13.7. The monoisotopic (exact) mass is 370 g/mol. The van der Waals surface area contributed by atoms with E-state index in [0.717, 1.165) is 5.56 Å². The molecule has 4 nitrogen and oxygen atoms in total. The second-order valence-electron chi connectivity index (χ2n) is 7.26. The van der Waals surface area contributed by atoms with Gasteiger partial charge in [-0.3, -0.25) is 19.2 Å². The molecule has 0 aromatic heterocycles. The molecule has 3 aromatic rings. The molecule has 0 spiro atoms. The molecule has 4 rings (SSSR count). The Morgan fingerprint density at radius 1 is 0.679 bits per heavy atom. The van der Waals surface area contributed by atoms with Gasteiger partial charge in [-0.25, -0.2) is 0 Å². The third-order valence-electron chi connectivity index (χ3n) is 5.39. The Kier molecular flexibility index (Phi) is 4.07. The predicted molar refractivity (Wildman–Crippen MR) is 107 cm³/mol. The van der Waals surface area contributed by atoms with E-state index >= 15 is 0 Å². The number of Topliss-reactive ketones (excluding diaryl/α,β-unsaturated/α-hetero) is 4. The lowest BCUT2D eigenvalue weighted by Gasteiger charge is -2.25. The van der Waals surface area contributed by atoms with E-state index in [0.29, 0.717) is 38.6 Å². The van der Waals surface area contributed by atoms with Crippen LogP contribution < -0.4 is 0 Å². The zero-order valence-corrected chi connectivity index (χ0v) is 15.8. The first-order valence-electron chi connectivity index (χ1n) is 9.08. The van der Waals surface area contributed by atoms with Crippen LogP contribution in [0.2, 0.25) is 0 Å². The standard InChI is InChI=1S/C24H18O4/c1-12-4-6-15(7-5-12)20-23(27)18-10-8-16(13(2)25)21-17(14(3)26)9-11-19(22(18)21)24(20)28/h4-11,20H,1-3H3. The second kappa shape index (κ2) is 6.34. The van der Waals surface area contributed by atoms with E-state index in [2.05, 4.69) is 0 Å². The maximum Gasteiger partial charge on any atom is 0.178 e. The lowest BCUT2D eigenvalue weighted by atomic mass is 9.75. The fraction of sp³-hybridized carbons (Fsp3) is 0.167. The van der Waals surface area contributed by atoms with Gasteiger partial charge < -0.3 is 0 Å². The zero-order chi connectivity index (χ0) is 20.2. The molecule has 1 aliphatic carbocycles. The first-order chi connectivity index (χ1) is 13.3. The minimum Gasteiger partial charge on any atom is -0.294 e. The quantitative estimate of drug-likeness (QED) is 0.494. The Morgan fingerprint density at radius 3 is 1.57 bits per heavy atom. The summed E-state index contributed by atoms with van der Waals surface area (Å²) >= 11 is 0. The fourth-order valence-corrected chi connectivity index (χ4v) is 3.98. The van der Waals surface area contributed by atoms with Gasteiger partial charge in [-0.1, -0.05) is 42.0 Å². The van der Waals surface area contributed by atoms with Crippen molar-refractivity contribution in [3.63, 3.8) is 0 Å². The van der Waals surface area contributed by atoms with Crippen LogP contribution in [0.3, 0.4) is 0 Å². The van der Waals surface area contributed by atoms with Crippen LogP contribution in [0.5, 0.6) is 0 Å². The SMILES string of the molecule is CC(=O)c1ccc2c3c(ccc(C(C)=O)c13)C(=O)C(c1ccc(C)cc1)C2=O. The van der Waals surface area contributed by atoms with Gasteiger partial charge in [0.2, 0.25) is 0 Å². The highest BCUT2D eigenvalue weighted by atomic mass is 16.2. The molecule has 28 heavy (non-hydrogen) atoms. The summed E-state index contributed by atoms with van der Waals surface area (Å²) in [5.41, 5.74) is 3.14. The summed E-state index contributed by atoms with van der Waals surface area (Å²) in [4.78, 5) is 50.9. The van der Waals surface area contributed by atoms with Gasteiger partial charge in [0.25, 0.3) is 0 Å². The molecule has 4 heteroatoms. The predicted octanol–water partition coefficient (Wildman–Crippen LogP) is 4.72. The van der Waals surface area contributed by atoms with Gasteiger partial charge in [-0.15, -0.1) is 0 Å². The zero-order valence-electron chi connectivity index (χ0n) is 15.8. The van der Waals surface area contributed by atoms with E-state index in [9.17, 15) is 19.2 Å². The van der Waals surface area contributed by atoms with E-state index in [1.807, 2.05) is 19.1 Å². The maximum absolute atomic E-state index is 13.3. The Hall–Kier alpha value is -3.40. The molecule has 3 aromatic carbocycles. The molecule has 0 fully saturated rings. The van der Waals surface area contributed by atoms with Crippen LogP contribution in [-0.4, -0.2) is 23.1 Å². The molecule has 0 bridgehead atoms. The van der Waals surface area contributed by atoms with Crippen molar-refractivity contribution in [3.05, 3.63) is 81.9 Å². The van der Waals surface area contributed by atoms with Crippen LogP contribution in [0.25, 0.3) is 10.8 Å². The van der Waals surface area contributed by atoms with Gasteiger partial charge in [0.05, 0.1) is 0 Å². The highest BCUT2D eigenvalue weighted by molar-refractivity contribution is 6.34. The Morgan fingerprint density at radius 2 is 1.14 bits per heavy atom. The minimum atomic E-state index is -0.914. The smallest absolute Gasteiger partial charge is 0.178 e. The third kappa shape index (κ3) is 2.53. The molecular weight excluding hydrogens is 352 g/mol. The molecule has 0 heterocycles. The highest BCUT2D eigenvalue weighted by Gasteiger charge is 2.38. The molecule has 0 N–H and O–H groups in total. The minimum absolute atomic E-state index is 0.216. The molecule has 0 saturated heterocycles. The first-order valence-corrected chi connectivity index (χ1v) is 9.08. The number of carbonyl (C=O) groups excluding carboxylic acids is 4. The number of aryl methyl sites for hydroxylation is 1. The van der Waals surface area contributed by atoms with Crippen LogP contribution in [0.15, 0.2) is 48.5 Å². The van der Waals surface area contributed by atoms with E-state index in [-0.39, 0.29) is 23.1 Å². The lowest BCUT2D eigenvalue weighted by Crippen LogP contribution is -2.28. The molecule has 0 atom stereocenters. The van der Waals surface area contributed by atoms with E-state index in [4.69, 9.17) is 0 Å². The summed E-state index contributed by atoms with van der Waals surface area (Å²) in [6.07, 6.45) is 0. The number of rotatable bonds is 3. The summed E-state index contributed by atoms with van der Waals surface area (Å²) < 4.78 is 0. The van der Waals surface area contributed by atoms with E-state index in [1.165, 1.54) is 13.8 Å². The highest BCUT2D eigenvalue weighted by Crippen LogP contribution is 2.39. The van der Waals surface area contributed by atoms with Gasteiger partial charge in [-0.05, 0) is 38.5 Å². The topological polar surface area (TPSA) is 68.3 Å². The van der Waals surface area contributed by atoms with Crippen LogP contribution in [0.1, 0.15) is 72.3 Å². The van der Waals surface area contributed by atoms with Crippen molar-refractivity contribution < 1.29 is 19.2 Å². The second-order valence-corrected chi connectivity index (χ2v) is 7.26. The van der Waals surface area contributed by atoms with Crippen LogP contribution in [0, 0.1) is 6.92 Å². The number of hydrogen-bond donors (Lipinski definition) is 0. The average molecular weight is 370 g/mol. The van der Waals surface area contributed by atoms with Crippen molar-refractivity contribution in [1.29, 1.82) is 0 Å². The Balaban J connectivity index is 2.05. The van der Waals surface area contributed by atoms with Crippen molar-refractivity contribution in [2.75, 3.05) is 0 Å². The fourth-order valence-electron chi connectivity index (χ4n) is 3.98. The molecule has 0 radical (unpaired) electrons. The van der Waals surface area contributed by atoms with Gasteiger partial charge in [0.1, 0.15) is 5.92 Å². The molecule has 0 unspecified atom stereocenters. The molecule has 0 aliphatic heterocycles. The summed E-state index contributed by atoms with van der Waals surface area (Å²) in [6.45, 7) is 4.77. The van der Waals surface area contributed by atoms with Crippen LogP contribution in [-0.2, 0) is 0 Å². The number of ketones is 4.